The van der Waals surface area contributed by atoms with Crippen molar-refractivity contribution < 1.29 is 13.5 Å². The molecule has 1 saturated carbocycles. The lowest BCUT2D eigenvalue weighted by Crippen LogP contribution is -2.45. The Morgan fingerprint density at radius 1 is 1.50 bits per heavy atom. The maximum atomic E-state index is 12.2. The van der Waals surface area contributed by atoms with Crippen molar-refractivity contribution in [2.24, 2.45) is 5.92 Å². The van der Waals surface area contributed by atoms with Gasteiger partial charge in [0.25, 0.3) is 10.0 Å². The number of aryl methyl sites for hydroxylation is 1. The Balaban J connectivity index is 2.04. The van der Waals surface area contributed by atoms with Crippen LogP contribution in [0, 0.1) is 12.8 Å². The van der Waals surface area contributed by atoms with Crippen molar-refractivity contribution in [3.63, 3.8) is 0 Å². The summed E-state index contributed by atoms with van der Waals surface area (Å²) in [5.41, 5.74) is -0.557. The molecule has 8 heteroatoms. The molecule has 0 radical (unpaired) electrons. The quantitative estimate of drug-likeness (QED) is 0.883. The van der Waals surface area contributed by atoms with E-state index in [2.05, 4.69) is 16.6 Å². The summed E-state index contributed by atoms with van der Waals surface area (Å²) in [4.78, 5) is 3.90. The van der Waals surface area contributed by atoms with Crippen molar-refractivity contribution in [2.45, 2.75) is 49.3 Å². The summed E-state index contributed by atoms with van der Waals surface area (Å²) in [5, 5.41) is 10.4. The normalized spacial score (nSPS) is 27.7. The van der Waals surface area contributed by atoms with Crippen LogP contribution in [0.5, 0.6) is 0 Å². The Labute approximate surface area is 128 Å². The molecular formula is C12H19ClN2O3S2. The zero-order valence-electron chi connectivity index (χ0n) is 11.5. The number of rotatable bonds is 4. The van der Waals surface area contributed by atoms with Crippen molar-refractivity contribution in [3.05, 3.63) is 10.2 Å². The van der Waals surface area contributed by atoms with Gasteiger partial charge in [-0.05, 0) is 38.5 Å². The van der Waals surface area contributed by atoms with E-state index in [1.165, 1.54) is 0 Å². The van der Waals surface area contributed by atoms with Crippen LogP contribution < -0.4 is 4.72 Å². The minimum Gasteiger partial charge on any atom is -0.389 e. The van der Waals surface area contributed by atoms with E-state index in [0.29, 0.717) is 24.5 Å². The zero-order chi connectivity index (χ0) is 15.0. The number of halogens is 1. The number of aliphatic hydroxyl groups is 1. The molecule has 0 saturated heterocycles. The molecule has 1 aliphatic carbocycles. The maximum Gasteiger partial charge on any atom is 0.252 e. The molecule has 2 rings (SSSR count). The molecule has 0 spiro atoms. The Hall–Kier alpha value is -0.210. The van der Waals surface area contributed by atoms with E-state index in [-0.39, 0.29) is 15.2 Å². The summed E-state index contributed by atoms with van der Waals surface area (Å²) in [7, 11) is -3.66. The second-order valence-corrected chi connectivity index (χ2v) is 9.11. The fraction of sp³-hybridized carbons (Fsp3) is 0.750. The van der Waals surface area contributed by atoms with Gasteiger partial charge in [0.05, 0.1) is 11.3 Å². The summed E-state index contributed by atoms with van der Waals surface area (Å²) < 4.78 is 27.2. The molecule has 1 fully saturated rings. The highest BCUT2D eigenvalue weighted by molar-refractivity contribution is 7.91. The van der Waals surface area contributed by atoms with Gasteiger partial charge in [-0.1, -0.05) is 29.9 Å². The summed E-state index contributed by atoms with van der Waals surface area (Å²) in [5.74, 6) is 0.592. The minimum absolute atomic E-state index is 0.0387. The van der Waals surface area contributed by atoms with Crippen LogP contribution >= 0.6 is 22.9 Å². The lowest BCUT2D eigenvalue weighted by atomic mass is 9.80. The first-order valence-electron chi connectivity index (χ1n) is 6.57. The van der Waals surface area contributed by atoms with E-state index < -0.39 is 15.6 Å². The molecule has 0 unspecified atom stereocenters. The largest absolute Gasteiger partial charge is 0.389 e. The van der Waals surface area contributed by atoms with E-state index in [0.717, 1.165) is 24.2 Å². The van der Waals surface area contributed by atoms with E-state index in [4.69, 9.17) is 11.6 Å². The number of sulfonamides is 1. The van der Waals surface area contributed by atoms with Gasteiger partial charge in [0.15, 0.2) is 8.68 Å². The Morgan fingerprint density at radius 2 is 2.10 bits per heavy atom. The van der Waals surface area contributed by atoms with Crippen molar-refractivity contribution in [1.82, 2.24) is 9.71 Å². The standard InChI is InChI=1S/C12H19ClN2O3S2/c1-8-3-5-12(16,6-4-8)7-14-20(17,18)10-9(2)15-11(13)19-10/h8,14,16H,3-7H2,1-2H3. The van der Waals surface area contributed by atoms with E-state index in [9.17, 15) is 13.5 Å². The maximum absolute atomic E-state index is 12.2. The third kappa shape index (κ3) is 3.71. The predicted octanol–water partition coefficient (Wildman–Crippen LogP) is 2.32. The lowest BCUT2D eigenvalue weighted by molar-refractivity contribution is -0.00182. The first kappa shape index (κ1) is 16.2. The third-order valence-corrected chi connectivity index (χ3v) is 7.04. The average Bonchev–Trinajstić information content (AvgIpc) is 2.71. The smallest absolute Gasteiger partial charge is 0.252 e. The Bertz CT molecular complexity index is 578. The molecule has 1 aromatic heterocycles. The lowest BCUT2D eigenvalue weighted by Gasteiger charge is -2.34. The molecule has 0 bridgehead atoms. The Kier molecular flexibility index (Phi) is 4.76. The van der Waals surface area contributed by atoms with Gasteiger partial charge in [-0.2, -0.15) is 0 Å². The highest BCUT2D eigenvalue weighted by Crippen LogP contribution is 2.32. The summed E-state index contributed by atoms with van der Waals surface area (Å²) in [6.07, 6.45) is 3.09. The van der Waals surface area contributed by atoms with Gasteiger partial charge in [0, 0.05) is 6.54 Å². The van der Waals surface area contributed by atoms with Crippen LogP contribution in [0.3, 0.4) is 0 Å². The van der Waals surface area contributed by atoms with Crippen LogP contribution in [0.15, 0.2) is 4.21 Å². The van der Waals surface area contributed by atoms with Crippen molar-refractivity contribution >= 4 is 33.0 Å². The highest BCUT2D eigenvalue weighted by Gasteiger charge is 2.33. The molecule has 1 heterocycles. The summed E-state index contributed by atoms with van der Waals surface area (Å²) >= 11 is 6.66. The topological polar surface area (TPSA) is 79.3 Å². The monoisotopic (exact) mass is 338 g/mol. The minimum atomic E-state index is -3.66. The number of aromatic nitrogens is 1. The molecular weight excluding hydrogens is 320 g/mol. The van der Waals surface area contributed by atoms with E-state index in [1.807, 2.05) is 0 Å². The zero-order valence-corrected chi connectivity index (χ0v) is 13.9. The van der Waals surface area contributed by atoms with Gasteiger partial charge in [-0.15, -0.1) is 0 Å². The molecule has 2 N–H and O–H groups in total. The van der Waals surface area contributed by atoms with Gasteiger partial charge < -0.3 is 5.11 Å². The second-order valence-electron chi connectivity index (χ2n) is 5.57. The van der Waals surface area contributed by atoms with Crippen LogP contribution in [0.1, 0.15) is 38.3 Å². The second kappa shape index (κ2) is 5.88. The Morgan fingerprint density at radius 3 is 2.60 bits per heavy atom. The van der Waals surface area contributed by atoms with Crippen molar-refractivity contribution in [2.75, 3.05) is 6.54 Å². The van der Waals surface area contributed by atoms with Gasteiger partial charge in [0.2, 0.25) is 0 Å². The van der Waals surface area contributed by atoms with Crippen molar-refractivity contribution in [1.29, 1.82) is 0 Å². The molecule has 0 atom stereocenters. The first-order valence-corrected chi connectivity index (χ1v) is 9.25. The van der Waals surface area contributed by atoms with Gasteiger partial charge in [0.1, 0.15) is 0 Å². The highest BCUT2D eigenvalue weighted by atomic mass is 35.5. The average molecular weight is 339 g/mol. The number of nitrogens with zero attached hydrogens (tertiary/aromatic N) is 1. The van der Waals surface area contributed by atoms with Crippen molar-refractivity contribution in [3.8, 4) is 0 Å². The van der Waals surface area contributed by atoms with Crippen LogP contribution in [-0.2, 0) is 10.0 Å². The summed E-state index contributed by atoms with van der Waals surface area (Å²) in [6.45, 7) is 3.79. The fourth-order valence-electron chi connectivity index (χ4n) is 2.37. The number of thiazole rings is 1. The van der Waals surface area contributed by atoms with E-state index in [1.54, 1.807) is 6.92 Å². The van der Waals surface area contributed by atoms with Crippen LogP contribution in [0.25, 0.3) is 0 Å². The summed E-state index contributed by atoms with van der Waals surface area (Å²) in [6, 6.07) is 0. The molecule has 1 aromatic rings. The molecule has 114 valence electrons. The number of hydrogen-bond acceptors (Lipinski definition) is 5. The van der Waals surface area contributed by atoms with E-state index >= 15 is 0 Å². The molecule has 0 aromatic carbocycles. The SMILES string of the molecule is Cc1nc(Cl)sc1S(=O)(=O)NCC1(O)CCC(C)CC1. The fourth-order valence-corrected chi connectivity index (χ4v) is 5.27. The molecule has 20 heavy (non-hydrogen) atoms. The molecule has 0 amide bonds. The van der Waals surface area contributed by atoms with Crippen LogP contribution in [0.4, 0.5) is 0 Å². The number of nitrogens with one attached hydrogen (secondary N) is 1. The van der Waals surface area contributed by atoms with Crippen LogP contribution in [-0.4, -0.2) is 30.7 Å². The third-order valence-electron chi connectivity index (χ3n) is 3.77. The first-order chi connectivity index (χ1) is 9.22. The van der Waals surface area contributed by atoms with Gasteiger partial charge in [-0.25, -0.2) is 18.1 Å². The van der Waals surface area contributed by atoms with Gasteiger partial charge in [-0.3, -0.25) is 0 Å². The molecule has 0 aliphatic heterocycles. The molecule has 5 nitrogen and oxygen atoms in total. The van der Waals surface area contributed by atoms with Gasteiger partial charge >= 0.3 is 0 Å². The number of hydrogen-bond donors (Lipinski definition) is 2. The van der Waals surface area contributed by atoms with Crippen LogP contribution in [0.2, 0.25) is 4.47 Å². The predicted molar refractivity (Wildman–Crippen MR) is 79.6 cm³/mol. The molecule has 1 aliphatic rings.